The van der Waals surface area contributed by atoms with Gasteiger partial charge in [0, 0.05) is 19.2 Å². The predicted molar refractivity (Wildman–Crippen MR) is 106 cm³/mol. The third-order valence-electron chi connectivity index (χ3n) is 5.20. The molecule has 5 rings (SSSR count). The summed E-state index contributed by atoms with van der Waals surface area (Å²) in [6, 6.07) is 12.2. The van der Waals surface area contributed by atoms with Crippen LogP contribution >= 0.6 is 0 Å². The van der Waals surface area contributed by atoms with Gasteiger partial charge in [0.1, 0.15) is 13.2 Å². The molecule has 29 heavy (non-hydrogen) atoms. The first kappa shape index (κ1) is 18.2. The van der Waals surface area contributed by atoms with Crippen LogP contribution in [0.25, 0.3) is 10.9 Å². The van der Waals surface area contributed by atoms with Crippen molar-refractivity contribution >= 4 is 26.4 Å². The molecule has 3 heterocycles. The predicted octanol–water partition coefficient (Wildman–Crippen LogP) is 2.09. The summed E-state index contributed by atoms with van der Waals surface area (Å²) in [5.74, 6) is 1.28. The van der Waals surface area contributed by atoms with Gasteiger partial charge in [-0.2, -0.15) is 0 Å². The van der Waals surface area contributed by atoms with Crippen LogP contribution in [0.1, 0.15) is 0 Å². The number of nitrogens with zero attached hydrogens (tertiary/aromatic N) is 1. The Balaban J connectivity index is 1.77. The van der Waals surface area contributed by atoms with Crippen LogP contribution in [0, 0.1) is 0 Å². The van der Waals surface area contributed by atoms with Gasteiger partial charge in [0.25, 0.3) is 0 Å². The fraction of sp³-hybridized carbons (Fsp3) is 0.286. The van der Waals surface area contributed by atoms with Crippen LogP contribution in [0.4, 0.5) is 5.69 Å². The Labute approximate surface area is 168 Å². The number of morpholine rings is 1. The molecule has 1 saturated heterocycles. The molecule has 2 aromatic carbocycles. The van der Waals surface area contributed by atoms with Gasteiger partial charge in [-0.3, -0.25) is 0 Å². The molecule has 0 spiro atoms. The fourth-order valence-corrected chi connectivity index (χ4v) is 5.27. The van der Waals surface area contributed by atoms with Gasteiger partial charge in [0.05, 0.1) is 35.2 Å². The summed E-state index contributed by atoms with van der Waals surface area (Å²) in [4.78, 5) is 5.74. The van der Waals surface area contributed by atoms with Crippen molar-refractivity contribution in [3.05, 3.63) is 48.7 Å². The van der Waals surface area contributed by atoms with Crippen LogP contribution in [0.5, 0.6) is 11.5 Å². The Morgan fingerprint density at radius 3 is 2.31 bits per heavy atom. The lowest BCUT2D eigenvalue weighted by Gasteiger charge is -2.30. The average Bonchev–Trinajstić information content (AvgIpc) is 2.78. The largest absolute Gasteiger partial charge is 0.486 e. The number of nitrogens with one attached hydrogen (secondary N) is 1. The molecule has 8 heteroatoms. The Morgan fingerprint density at radius 1 is 0.897 bits per heavy atom. The van der Waals surface area contributed by atoms with Gasteiger partial charge in [-0.25, -0.2) is 13.4 Å². The van der Waals surface area contributed by atoms with Crippen LogP contribution in [0.15, 0.2) is 58.5 Å². The van der Waals surface area contributed by atoms with E-state index in [1.54, 1.807) is 36.5 Å². The van der Waals surface area contributed by atoms with Gasteiger partial charge in [-0.05, 0) is 12.1 Å². The highest BCUT2D eigenvalue weighted by molar-refractivity contribution is 7.91. The molecule has 1 aromatic heterocycles. The summed E-state index contributed by atoms with van der Waals surface area (Å²) in [6.07, 6.45) is 1.57. The van der Waals surface area contributed by atoms with E-state index in [1.165, 1.54) is 0 Å². The standard InChI is InChI=1S/C21H20N2O5S/c24-29(25,15-4-2-1-3-5-15)20-14-22-17-13-19-18(27-10-11-28-19)12-16(17)21(20)23-6-8-26-9-7-23/h1-5,12-14H,6-11H2/p+1. The van der Waals surface area contributed by atoms with E-state index in [4.69, 9.17) is 14.2 Å². The zero-order valence-electron chi connectivity index (χ0n) is 15.8. The SMILES string of the molecule is O=S(=O)(c1ccccc1)c1c[nH+]c2cc3c(cc2c1N1CCOCC1)OCCO3. The van der Waals surface area contributed by atoms with Crippen molar-refractivity contribution in [2.24, 2.45) is 0 Å². The minimum Gasteiger partial charge on any atom is -0.486 e. The molecule has 0 radical (unpaired) electrons. The third-order valence-corrected chi connectivity index (χ3v) is 6.98. The van der Waals surface area contributed by atoms with Crippen molar-refractivity contribution in [1.29, 1.82) is 0 Å². The molecule has 0 aliphatic carbocycles. The highest BCUT2D eigenvalue weighted by Crippen LogP contribution is 2.40. The zero-order chi connectivity index (χ0) is 19.8. The monoisotopic (exact) mass is 413 g/mol. The summed E-state index contributed by atoms with van der Waals surface area (Å²) in [5, 5.41) is 0.785. The minimum atomic E-state index is -3.72. The number of rotatable bonds is 3. The molecule has 3 aromatic rings. The van der Waals surface area contributed by atoms with Gasteiger partial charge < -0.3 is 19.1 Å². The molecule has 2 aliphatic heterocycles. The zero-order valence-corrected chi connectivity index (χ0v) is 16.6. The van der Waals surface area contributed by atoms with E-state index in [1.807, 2.05) is 12.1 Å². The molecule has 150 valence electrons. The fourth-order valence-electron chi connectivity index (χ4n) is 3.79. The molecule has 7 nitrogen and oxygen atoms in total. The summed E-state index contributed by atoms with van der Waals surface area (Å²) in [7, 11) is -3.72. The van der Waals surface area contributed by atoms with Crippen molar-refractivity contribution < 1.29 is 27.6 Å². The van der Waals surface area contributed by atoms with Gasteiger partial charge in [-0.15, -0.1) is 0 Å². The molecule has 0 unspecified atom stereocenters. The van der Waals surface area contributed by atoms with E-state index in [0.29, 0.717) is 56.7 Å². The molecular weight excluding hydrogens is 392 g/mol. The molecule has 0 saturated carbocycles. The Bertz CT molecular complexity index is 1160. The van der Waals surface area contributed by atoms with Crippen molar-refractivity contribution in [3.63, 3.8) is 0 Å². The quantitative estimate of drug-likeness (QED) is 0.654. The molecule has 1 N–H and O–H groups in total. The maximum Gasteiger partial charge on any atom is 0.217 e. The van der Waals surface area contributed by atoms with Gasteiger partial charge >= 0.3 is 0 Å². The minimum absolute atomic E-state index is 0.245. The molecule has 0 atom stereocenters. The number of benzene rings is 2. The number of pyridine rings is 1. The van der Waals surface area contributed by atoms with Crippen molar-refractivity contribution in [3.8, 4) is 11.5 Å². The Kier molecular flexibility index (Phi) is 4.52. The summed E-state index contributed by atoms with van der Waals surface area (Å²) in [5.41, 5.74) is 1.46. The topological polar surface area (TPSA) is 79.2 Å². The van der Waals surface area contributed by atoms with Crippen LogP contribution in [0.2, 0.25) is 0 Å². The second-order valence-electron chi connectivity index (χ2n) is 6.96. The van der Waals surface area contributed by atoms with E-state index in [0.717, 1.165) is 10.9 Å². The van der Waals surface area contributed by atoms with Crippen LogP contribution in [0.3, 0.4) is 0 Å². The number of hydrogen-bond acceptors (Lipinski definition) is 6. The van der Waals surface area contributed by atoms with Gasteiger partial charge in [-0.1, -0.05) is 18.2 Å². The second kappa shape index (κ2) is 7.20. The smallest absolute Gasteiger partial charge is 0.217 e. The van der Waals surface area contributed by atoms with Crippen molar-refractivity contribution in [1.82, 2.24) is 0 Å². The number of H-pyrrole nitrogens is 1. The first-order valence-corrected chi connectivity index (χ1v) is 11.0. The van der Waals surface area contributed by atoms with Crippen LogP contribution < -0.4 is 19.4 Å². The molecule has 0 amide bonds. The Hall–Kier alpha value is -2.84. The summed E-state index contributed by atoms with van der Waals surface area (Å²) >= 11 is 0. The lowest BCUT2D eigenvalue weighted by molar-refractivity contribution is -0.347. The maximum absolute atomic E-state index is 13.5. The molecular formula is C21H21N2O5S+. The number of ether oxygens (including phenoxy) is 3. The number of aromatic nitrogens is 1. The first-order valence-electron chi connectivity index (χ1n) is 9.55. The average molecular weight is 413 g/mol. The van der Waals surface area contributed by atoms with Crippen molar-refractivity contribution in [2.45, 2.75) is 9.79 Å². The van der Waals surface area contributed by atoms with Gasteiger partial charge in [0.15, 0.2) is 22.6 Å². The maximum atomic E-state index is 13.5. The number of fused-ring (bicyclic) bond motifs is 2. The van der Waals surface area contributed by atoms with E-state index in [2.05, 4.69) is 9.88 Å². The number of aromatic amines is 1. The van der Waals surface area contributed by atoms with E-state index >= 15 is 0 Å². The van der Waals surface area contributed by atoms with Crippen molar-refractivity contribution in [2.75, 3.05) is 44.4 Å². The summed E-state index contributed by atoms with van der Waals surface area (Å²) in [6.45, 7) is 3.30. The van der Waals surface area contributed by atoms with Crippen LogP contribution in [-0.4, -0.2) is 47.9 Å². The van der Waals surface area contributed by atoms with Crippen LogP contribution in [-0.2, 0) is 14.6 Å². The highest BCUT2D eigenvalue weighted by atomic mass is 32.2. The Morgan fingerprint density at radius 2 is 1.59 bits per heavy atom. The highest BCUT2D eigenvalue weighted by Gasteiger charge is 2.31. The lowest BCUT2D eigenvalue weighted by Crippen LogP contribution is -2.37. The normalized spacial score (nSPS) is 16.8. The van der Waals surface area contributed by atoms with E-state index in [-0.39, 0.29) is 9.79 Å². The number of sulfone groups is 1. The molecule has 1 fully saturated rings. The second-order valence-corrected chi connectivity index (χ2v) is 8.88. The number of anilines is 1. The summed E-state index contributed by atoms with van der Waals surface area (Å²) < 4.78 is 43.9. The third kappa shape index (κ3) is 3.18. The lowest BCUT2D eigenvalue weighted by atomic mass is 10.1. The first-order chi connectivity index (χ1) is 14.1. The van der Waals surface area contributed by atoms with E-state index < -0.39 is 9.84 Å². The van der Waals surface area contributed by atoms with E-state index in [9.17, 15) is 8.42 Å². The molecule has 0 bridgehead atoms. The van der Waals surface area contributed by atoms with Gasteiger partial charge in [0.2, 0.25) is 15.4 Å². The molecule has 2 aliphatic rings. The number of hydrogen-bond donors (Lipinski definition) is 0.